The van der Waals surface area contributed by atoms with Crippen molar-refractivity contribution in [2.75, 3.05) is 20.2 Å². The molecule has 0 spiro atoms. The van der Waals surface area contributed by atoms with E-state index in [-0.39, 0.29) is 34.1 Å². The van der Waals surface area contributed by atoms with Gasteiger partial charge in [-0.3, -0.25) is 4.79 Å². The molecule has 1 saturated carbocycles. The summed E-state index contributed by atoms with van der Waals surface area (Å²) in [5.74, 6) is 0.0474. The van der Waals surface area contributed by atoms with Gasteiger partial charge in [0.15, 0.2) is 0 Å². The lowest BCUT2D eigenvalue weighted by molar-refractivity contribution is 0.0532. The predicted octanol–water partition coefficient (Wildman–Crippen LogP) is 1.34. The molecule has 1 amide bonds. The first-order chi connectivity index (χ1) is 12.1. The first-order valence-electron chi connectivity index (χ1n) is 8.89. The minimum absolute atomic E-state index is 0.00530. The van der Waals surface area contributed by atoms with Gasteiger partial charge in [-0.2, -0.15) is 0 Å². The number of nitrogens with two attached hydrogens (primary N) is 1. The molecule has 1 heterocycles. The van der Waals surface area contributed by atoms with E-state index in [9.17, 15) is 13.2 Å². The van der Waals surface area contributed by atoms with Gasteiger partial charge in [-0.15, -0.1) is 0 Å². The maximum Gasteiger partial charge on any atom is 0.253 e. The second-order valence-electron chi connectivity index (χ2n) is 7.87. The number of amides is 1. The maximum absolute atomic E-state index is 12.9. The Morgan fingerprint density at radius 1 is 1.31 bits per heavy atom. The summed E-state index contributed by atoms with van der Waals surface area (Å²) in [4.78, 5) is 14.7. The van der Waals surface area contributed by atoms with Crippen LogP contribution in [0.1, 0.15) is 43.5 Å². The molecule has 0 aromatic heterocycles. The number of carbonyl (C=O) groups is 1. The van der Waals surface area contributed by atoms with E-state index in [2.05, 4.69) is 4.72 Å². The van der Waals surface area contributed by atoms with Crippen LogP contribution in [0.15, 0.2) is 23.1 Å². The standard InChI is InChI=1S/C18H27N3O4S/c1-18(2)11-21(9-8-16(18)19)17(22)12-4-7-14(25-3)15(10-12)26(23,24)20-13-5-6-13/h4,7,10,13,16,20H,5-6,8-9,11,19H2,1-3H3. The van der Waals surface area contributed by atoms with Crippen LogP contribution in [0.3, 0.4) is 0 Å². The number of piperidine rings is 1. The number of hydrogen-bond acceptors (Lipinski definition) is 5. The Labute approximate surface area is 154 Å². The van der Waals surface area contributed by atoms with Gasteiger partial charge < -0.3 is 15.4 Å². The number of ether oxygens (including phenoxy) is 1. The highest BCUT2D eigenvalue weighted by Crippen LogP contribution is 2.31. The monoisotopic (exact) mass is 381 g/mol. The zero-order valence-corrected chi connectivity index (χ0v) is 16.3. The minimum Gasteiger partial charge on any atom is -0.495 e. The number of nitrogens with one attached hydrogen (secondary N) is 1. The van der Waals surface area contributed by atoms with Crippen molar-refractivity contribution in [3.05, 3.63) is 23.8 Å². The highest BCUT2D eigenvalue weighted by Gasteiger charge is 2.36. The summed E-state index contributed by atoms with van der Waals surface area (Å²) in [5, 5.41) is 0. The summed E-state index contributed by atoms with van der Waals surface area (Å²) in [6.07, 6.45) is 2.40. The fourth-order valence-corrected chi connectivity index (χ4v) is 4.73. The highest BCUT2D eigenvalue weighted by atomic mass is 32.2. The topological polar surface area (TPSA) is 102 Å². The number of carbonyl (C=O) groups excluding carboxylic acids is 1. The van der Waals surface area contributed by atoms with Crippen LogP contribution < -0.4 is 15.2 Å². The lowest BCUT2D eigenvalue weighted by atomic mass is 9.79. The van der Waals surface area contributed by atoms with E-state index >= 15 is 0 Å². The summed E-state index contributed by atoms with van der Waals surface area (Å²) in [5.41, 5.74) is 6.31. The third kappa shape index (κ3) is 3.87. The average molecular weight is 381 g/mol. The molecule has 1 aliphatic heterocycles. The van der Waals surface area contributed by atoms with Crippen molar-refractivity contribution >= 4 is 15.9 Å². The molecule has 2 aliphatic rings. The van der Waals surface area contributed by atoms with E-state index in [4.69, 9.17) is 10.5 Å². The van der Waals surface area contributed by atoms with E-state index in [1.165, 1.54) is 19.2 Å². The molecule has 26 heavy (non-hydrogen) atoms. The fraction of sp³-hybridized carbons (Fsp3) is 0.611. The molecule has 3 rings (SSSR count). The molecule has 8 heteroatoms. The summed E-state index contributed by atoms with van der Waals surface area (Å²) in [7, 11) is -2.31. The lowest BCUT2D eigenvalue weighted by Crippen LogP contribution is -2.54. The van der Waals surface area contributed by atoms with Crippen LogP contribution in [-0.2, 0) is 10.0 Å². The number of benzene rings is 1. The van der Waals surface area contributed by atoms with Gasteiger partial charge in [-0.1, -0.05) is 13.8 Å². The smallest absolute Gasteiger partial charge is 0.253 e. The van der Waals surface area contributed by atoms with Gasteiger partial charge in [0, 0.05) is 30.7 Å². The summed E-state index contributed by atoms with van der Waals surface area (Å²) >= 11 is 0. The van der Waals surface area contributed by atoms with Crippen LogP contribution in [0, 0.1) is 5.41 Å². The normalized spacial score (nSPS) is 22.9. The van der Waals surface area contributed by atoms with Gasteiger partial charge in [0.1, 0.15) is 10.6 Å². The third-order valence-electron chi connectivity index (χ3n) is 5.20. The molecule has 1 atom stereocenters. The van der Waals surface area contributed by atoms with Crippen LogP contribution in [-0.4, -0.2) is 51.5 Å². The molecule has 3 N–H and O–H groups in total. The molecule has 1 aliphatic carbocycles. The van der Waals surface area contributed by atoms with Gasteiger partial charge >= 0.3 is 0 Å². The highest BCUT2D eigenvalue weighted by molar-refractivity contribution is 7.89. The van der Waals surface area contributed by atoms with E-state index in [0.29, 0.717) is 18.7 Å². The number of methoxy groups -OCH3 is 1. The average Bonchev–Trinajstić information content (AvgIpc) is 3.39. The molecular formula is C18H27N3O4S. The molecular weight excluding hydrogens is 354 g/mol. The Bertz CT molecular complexity index is 803. The largest absolute Gasteiger partial charge is 0.495 e. The number of rotatable bonds is 5. The number of nitrogens with zero attached hydrogens (tertiary/aromatic N) is 1. The van der Waals surface area contributed by atoms with Gasteiger partial charge in [0.2, 0.25) is 10.0 Å². The van der Waals surface area contributed by atoms with Gasteiger partial charge in [-0.25, -0.2) is 13.1 Å². The zero-order chi connectivity index (χ0) is 19.1. The van der Waals surface area contributed by atoms with Crippen LogP contribution in [0.5, 0.6) is 5.75 Å². The molecule has 1 saturated heterocycles. The number of sulfonamides is 1. The molecule has 7 nitrogen and oxygen atoms in total. The van der Waals surface area contributed by atoms with Gasteiger partial charge in [-0.05, 0) is 42.9 Å². The second kappa shape index (κ2) is 6.83. The van der Waals surface area contributed by atoms with E-state index < -0.39 is 10.0 Å². The van der Waals surface area contributed by atoms with Gasteiger partial charge in [0.05, 0.1) is 7.11 Å². The van der Waals surface area contributed by atoms with Crippen LogP contribution in [0.4, 0.5) is 0 Å². The quantitative estimate of drug-likeness (QED) is 0.801. The van der Waals surface area contributed by atoms with Crippen molar-refractivity contribution in [1.82, 2.24) is 9.62 Å². The predicted molar refractivity (Wildman–Crippen MR) is 98.6 cm³/mol. The van der Waals surface area contributed by atoms with Crippen molar-refractivity contribution in [3.63, 3.8) is 0 Å². The van der Waals surface area contributed by atoms with Crippen molar-refractivity contribution in [1.29, 1.82) is 0 Å². The molecule has 0 bridgehead atoms. The third-order valence-corrected chi connectivity index (χ3v) is 6.74. The minimum atomic E-state index is -3.72. The Hall–Kier alpha value is -1.64. The summed E-state index contributed by atoms with van der Waals surface area (Å²) in [6, 6.07) is 4.58. The molecule has 0 radical (unpaired) electrons. The van der Waals surface area contributed by atoms with Crippen molar-refractivity contribution in [3.8, 4) is 5.75 Å². The molecule has 1 aromatic carbocycles. The Morgan fingerprint density at radius 3 is 2.58 bits per heavy atom. The van der Waals surface area contributed by atoms with E-state index in [1.54, 1.807) is 11.0 Å². The van der Waals surface area contributed by atoms with E-state index in [1.807, 2.05) is 13.8 Å². The Kier molecular flexibility index (Phi) is 5.02. The Balaban J connectivity index is 1.88. The lowest BCUT2D eigenvalue weighted by Gasteiger charge is -2.42. The van der Waals surface area contributed by atoms with Crippen LogP contribution in [0.25, 0.3) is 0 Å². The van der Waals surface area contributed by atoms with Crippen molar-refractivity contribution < 1.29 is 17.9 Å². The van der Waals surface area contributed by atoms with Crippen LogP contribution >= 0.6 is 0 Å². The fourth-order valence-electron chi connectivity index (χ4n) is 3.23. The van der Waals surface area contributed by atoms with E-state index in [0.717, 1.165) is 19.3 Å². The number of hydrogen-bond donors (Lipinski definition) is 2. The second-order valence-corrected chi connectivity index (χ2v) is 9.55. The molecule has 1 aromatic rings. The SMILES string of the molecule is COc1ccc(C(=O)N2CCC(N)C(C)(C)C2)cc1S(=O)(=O)NC1CC1. The zero-order valence-electron chi connectivity index (χ0n) is 15.5. The van der Waals surface area contributed by atoms with Crippen molar-refractivity contribution in [2.24, 2.45) is 11.1 Å². The molecule has 144 valence electrons. The molecule has 2 fully saturated rings. The maximum atomic E-state index is 12.9. The molecule has 1 unspecified atom stereocenters. The first-order valence-corrected chi connectivity index (χ1v) is 10.4. The summed E-state index contributed by atoms with van der Waals surface area (Å²) < 4.78 is 33.1. The summed E-state index contributed by atoms with van der Waals surface area (Å²) in [6.45, 7) is 5.19. The number of likely N-dealkylation sites (tertiary alicyclic amines) is 1. The first kappa shape index (κ1) is 19.1. The van der Waals surface area contributed by atoms with Crippen LogP contribution in [0.2, 0.25) is 0 Å². The van der Waals surface area contributed by atoms with Crippen molar-refractivity contribution in [2.45, 2.75) is 50.1 Å². The van der Waals surface area contributed by atoms with Gasteiger partial charge in [0.25, 0.3) is 5.91 Å². The Morgan fingerprint density at radius 2 is 2.00 bits per heavy atom.